The van der Waals surface area contributed by atoms with Crippen molar-refractivity contribution in [3.63, 3.8) is 0 Å². The van der Waals surface area contributed by atoms with Crippen LogP contribution in [0, 0.1) is 5.92 Å². The van der Waals surface area contributed by atoms with Crippen LogP contribution in [-0.4, -0.2) is 65.3 Å². The molecule has 0 saturated heterocycles. The van der Waals surface area contributed by atoms with E-state index in [1.165, 1.54) is 11.1 Å². The van der Waals surface area contributed by atoms with Crippen molar-refractivity contribution < 1.29 is 32.7 Å². The number of esters is 1. The normalized spacial score (nSPS) is 17.5. The Bertz CT molecular complexity index is 1630. The first kappa shape index (κ1) is 44.0. The van der Waals surface area contributed by atoms with Crippen LogP contribution in [-0.2, 0) is 41.2 Å². The number of ether oxygens (including phenoxy) is 4. The molecule has 1 N–H and O–H groups in total. The number of carbonyl (C=O) groups is 2. The maximum absolute atomic E-state index is 13.6. The fraction of sp³-hybridized carbons (Fsp3) is 0.524. The number of hydrogen-bond donors (Lipinski definition) is 1. The Balaban J connectivity index is 1.96. The molecule has 1 heterocycles. The Kier molecular flexibility index (Phi) is 16.4. The quantitative estimate of drug-likeness (QED) is 0.105. The van der Waals surface area contributed by atoms with Crippen LogP contribution in [0.3, 0.4) is 0 Å². The van der Waals surface area contributed by atoms with Gasteiger partial charge in [-0.15, -0.1) is 13.2 Å². The number of benzene rings is 2. The van der Waals surface area contributed by atoms with Gasteiger partial charge < -0.3 is 23.8 Å². The van der Waals surface area contributed by atoms with Crippen molar-refractivity contribution in [1.29, 1.82) is 0 Å². The van der Waals surface area contributed by atoms with Gasteiger partial charge in [0.25, 0.3) is 5.91 Å². The Labute approximate surface area is 324 Å². The Morgan fingerprint density at radius 2 is 1.68 bits per heavy atom. The van der Waals surface area contributed by atoms with E-state index in [2.05, 4.69) is 49.3 Å². The van der Waals surface area contributed by atoms with Gasteiger partial charge in [0.15, 0.2) is 16.6 Å². The lowest BCUT2D eigenvalue weighted by atomic mass is 9.91. The lowest BCUT2D eigenvalue weighted by Crippen LogP contribution is -2.46. The van der Waals surface area contributed by atoms with E-state index < -0.39 is 40.2 Å². The van der Waals surface area contributed by atoms with Gasteiger partial charge in [-0.2, -0.15) is 0 Å². The second kappa shape index (κ2) is 19.8. The minimum absolute atomic E-state index is 0.00225. The third-order valence-corrected chi connectivity index (χ3v) is 10.8. The summed E-state index contributed by atoms with van der Waals surface area (Å²) in [7, 11) is -1.88. The summed E-state index contributed by atoms with van der Waals surface area (Å²) in [4.78, 5) is 29.1. The Morgan fingerprint density at radius 3 is 2.28 bits per heavy atom. The fourth-order valence-corrected chi connectivity index (χ4v) is 7.50. The summed E-state index contributed by atoms with van der Waals surface area (Å²) in [6.07, 6.45) is 6.88. The van der Waals surface area contributed by atoms with E-state index in [1.807, 2.05) is 25.1 Å². The number of carbonyl (C=O) groups excluding carboxylic acids is 2. The standard InChI is InChI=1S/C42H59ClN2O7S/c1-12-17-31-24-33(43)18-20-35(31)32-26-45(23-22-30(15-4)37(16-5)50-40(47)42(10,11)52-29(7)14-3)36-25-34(19-21-38(36)49-27-32)53(48)44-39(46)41(8,9)51-28(6)13-2/h13-14,16,18-21,24-25,28-30,32,37H,2-3,5,12,15,17,22-23,26-27H2,1,4,6-11H3,(H,44,46). The molecule has 11 heteroatoms. The van der Waals surface area contributed by atoms with Gasteiger partial charge in [-0.25, -0.2) is 9.00 Å². The van der Waals surface area contributed by atoms with Crippen molar-refractivity contribution in [2.45, 2.75) is 121 Å². The molecule has 0 spiro atoms. The van der Waals surface area contributed by atoms with Crippen LogP contribution in [0.1, 0.15) is 91.7 Å². The SMILES string of the molecule is C=CC(C)OC(C)(C)C(=O)NS(=O)c1ccc2c(c1)N(CCC(CC)C(C=C)OC(=O)C(C)(C)OC(C)C=C)CC(c1ccc(Cl)cc1CCC)CO2. The van der Waals surface area contributed by atoms with Gasteiger partial charge in [0.05, 0.1) is 29.4 Å². The average molecular weight is 771 g/mol. The molecule has 1 amide bonds. The zero-order valence-corrected chi connectivity index (χ0v) is 34.3. The molecule has 0 bridgehead atoms. The van der Waals surface area contributed by atoms with E-state index in [0.29, 0.717) is 41.8 Å². The summed E-state index contributed by atoms with van der Waals surface area (Å²) in [5.41, 5.74) is 0.687. The van der Waals surface area contributed by atoms with Crippen LogP contribution in [0.25, 0.3) is 0 Å². The lowest BCUT2D eigenvalue weighted by Gasteiger charge is -2.32. The molecule has 0 radical (unpaired) electrons. The van der Waals surface area contributed by atoms with Crippen molar-refractivity contribution in [3.8, 4) is 5.75 Å². The predicted molar refractivity (Wildman–Crippen MR) is 215 cm³/mol. The molecule has 6 unspecified atom stereocenters. The first-order valence-electron chi connectivity index (χ1n) is 18.5. The second-order valence-corrected chi connectivity index (χ2v) is 16.2. The molecule has 1 aliphatic heterocycles. The molecule has 6 atom stereocenters. The summed E-state index contributed by atoms with van der Waals surface area (Å²) in [5, 5.41) is 0.692. The first-order chi connectivity index (χ1) is 25.0. The summed E-state index contributed by atoms with van der Waals surface area (Å²) in [6, 6.07) is 11.4. The van der Waals surface area contributed by atoms with Crippen LogP contribution in [0.4, 0.5) is 5.69 Å². The molecule has 1 aliphatic rings. The summed E-state index contributed by atoms with van der Waals surface area (Å²) >= 11 is 6.44. The highest BCUT2D eigenvalue weighted by atomic mass is 35.5. The summed E-state index contributed by atoms with van der Waals surface area (Å²) < 4.78 is 40.4. The smallest absolute Gasteiger partial charge is 0.338 e. The van der Waals surface area contributed by atoms with E-state index in [0.717, 1.165) is 24.9 Å². The van der Waals surface area contributed by atoms with E-state index in [4.69, 9.17) is 30.5 Å². The molecule has 0 fully saturated rings. The molecule has 0 aromatic heterocycles. The van der Waals surface area contributed by atoms with E-state index in [-0.39, 0.29) is 24.0 Å². The number of aryl methyl sites for hydroxylation is 1. The Hall–Kier alpha value is -3.44. The highest BCUT2D eigenvalue weighted by molar-refractivity contribution is 7.83. The van der Waals surface area contributed by atoms with Crippen molar-refractivity contribution in [3.05, 3.63) is 90.5 Å². The number of hydrogen-bond acceptors (Lipinski definition) is 8. The zero-order valence-electron chi connectivity index (χ0n) is 32.7. The lowest BCUT2D eigenvalue weighted by molar-refractivity contribution is -0.176. The minimum Gasteiger partial charge on any atom is -0.491 e. The monoisotopic (exact) mass is 770 g/mol. The number of nitrogens with one attached hydrogen (secondary N) is 1. The van der Waals surface area contributed by atoms with Crippen molar-refractivity contribution in [2.24, 2.45) is 5.92 Å². The molecule has 292 valence electrons. The number of halogens is 1. The molecule has 2 aromatic carbocycles. The van der Waals surface area contributed by atoms with Gasteiger partial charge >= 0.3 is 5.97 Å². The highest BCUT2D eigenvalue weighted by Crippen LogP contribution is 2.38. The van der Waals surface area contributed by atoms with Crippen LogP contribution in [0.5, 0.6) is 5.75 Å². The van der Waals surface area contributed by atoms with Crippen LogP contribution in [0.2, 0.25) is 5.02 Å². The second-order valence-electron chi connectivity index (χ2n) is 14.6. The van der Waals surface area contributed by atoms with E-state index >= 15 is 0 Å². The summed E-state index contributed by atoms with van der Waals surface area (Å²) in [5.74, 6) is -0.405. The van der Waals surface area contributed by atoms with Gasteiger partial charge in [-0.05, 0) is 102 Å². The average Bonchev–Trinajstić information content (AvgIpc) is 3.29. The van der Waals surface area contributed by atoms with Gasteiger partial charge in [0, 0.05) is 29.9 Å². The maximum Gasteiger partial charge on any atom is 0.338 e. The van der Waals surface area contributed by atoms with Gasteiger partial charge in [0.1, 0.15) is 17.5 Å². The minimum atomic E-state index is -1.88. The highest BCUT2D eigenvalue weighted by Gasteiger charge is 2.36. The largest absolute Gasteiger partial charge is 0.491 e. The molecule has 2 aromatic rings. The molecule has 3 rings (SSSR count). The molecule has 0 saturated carbocycles. The number of amides is 1. The number of anilines is 1. The topological polar surface area (TPSA) is 103 Å². The van der Waals surface area contributed by atoms with Crippen LogP contribution < -0.4 is 14.4 Å². The number of rotatable bonds is 20. The molecule has 9 nitrogen and oxygen atoms in total. The predicted octanol–water partition coefficient (Wildman–Crippen LogP) is 8.67. The maximum atomic E-state index is 13.6. The fourth-order valence-electron chi connectivity index (χ4n) is 6.37. The van der Waals surface area contributed by atoms with Crippen molar-refractivity contribution >= 4 is 40.2 Å². The van der Waals surface area contributed by atoms with Crippen molar-refractivity contribution in [2.75, 3.05) is 24.6 Å². The van der Waals surface area contributed by atoms with Crippen molar-refractivity contribution in [1.82, 2.24) is 4.72 Å². The van der Waals surface area contributed by atoms with Gasteiger partial charge in [0.2, 0.25) is 0 Å². The van der Waals surface area contributed by atoms with Gasteiger partial charge in [-0.1, -0.05) is 62.7 Å². The third-order valence-electron chi connectivity index (χ3n) is 9.51. The molecule has 53 heavy (non-hydrogen) atoms. The molecular formula is C42H59ClN2O7S. The van der Waals surface area contributed by atoms with E-state index in [1.54, 1.807) is 65.0 Å². The molecular weight excluding hydrogens is 712 g/mol. The van der Waals surface area contributed by atoms with Crippen LogP contribution in [0.15, 0.2) is 79.3 Å². The Morgan fingerprint density at radius 1 is 1.02 bits per heavy atom. The summed E-state index contributed by atoms with van der Waals surface area (Å²) in [6.45, 7) is 27.5. The van der Waals surface area contributed by atoms with Crippen LogP contribution >= 0.6 is 11.6 Å². The van der Waals surface area contributed by atoms with E-state index in [9.17, 15) is 13.8 Å². The molecule has 0 aliphatic carbocycles. The zero-order chi connectivity index (χ0) is 39.5. The van der Waals surface area contributed by atoms with Gasteiger partial charge in [-0.3, -0.25) is 9.52 Å². The first-order valence-corrected chi connectivity index (χ1v) is 20.0. The number of fused-ring (bicyclic) bond motifs is 1. The third kappa shape index (κ3) is 12.0. The number of nitrogens with zero attached hydrogens (tertiary/aromatic N) is 1.